The number of nitrogens with zero attached hydrogens (tertiary/aromatic N) is 2. The quantitative estimate of drug-likeness (QED) is 0.823. The molecule has 0 aromatic carbocycles. The van der Waals surface area contributed by atoms with Crippen LogP contribution >= 0.6 is 11.3 Å². The van der Waals surface area contributed by atoms with Gasteiger partial charge in [0.05, 0.1) is 22.5 Å². The third-order valence-corrected chi connectivity index (χ3v) is 4.21. The number of rotatable bonds is 1. The van der Waals surface area contributed by atoms with Gasteiger partial charge in [0.1, 0.15) is 5.01 Å². The van der Waals surface area contributed by atoms with E-state index in [2.05, 4.69) is 15.3 Å². The van der Waals surface area contributed by atoms with E-state index in [1.807, 2.05) is 18.5 Å². The highest BCUT2D eigenvalue weighted by Crippen LogP contribution is 2.29. The average Bonchev–Trinajstić information content (AvgIpc) is 2.56. The molecule has 0 radical (unpaired) electrons. The predicted octanol–water partition coefficient (Wildman–Crippen LogP) is 2.90. The van der Waals surface area contributed by atoms with Gasteiger partial charge in [-0.15, -0.1) is 11.3 Å². The molecule has 0 spiro atoms. The van der Waals surface area contributed by atoms with Gasteiger partial charge >= 0.3 is 0 Å². The van der Waals surface area contributed by atoms with Crippen molar-refractivity contribution in [3.05, 3.63) is 23.5 Å². The van der Waals surface area contributed by atoms with Gasteiger partial charge in [-0.2, -0.15) is 0 Å². The Morgan fingerprint density at radius 1 is 1.31 bits per heavy atom. The molecule has 3 nitrogen and oxygen atoms in total. The van der Waals surface area contributed by atoms with E-state index in [1.54, 1.807) is 11.3 Å². The lowest BCUT2D eigenvalue weighted by molar-refractivity contribution is 0.533. The van der Waals surface area contributed by atoms with Crippen LogP contribution in [0.25, 0.3) is 10.2 Å². The summed E-state index contributed by atoms with van der Waals surface area (Å²) in [6, 6.07) is 2.51. The molecule has 0 aliphatic carbocycles. The Morgan fingerprint density at radius 3 is 3.25 bits per heavy atom. The zero-order chi connectivity index (χ0) is 10.8. The Morgan fingerprint density at radius 2 is 2.31 bits per heavy atom. The molecule has 3 rings (SSSR count). The van der Waals surface area contributed by atoms with Crippen molar-refractivity contribution in [3.8, 4) is 0 Å². The zero-order valence-corrected chi connectivity index (χ0v) is 9.96. The second-order valence-corrected chi connectivity index (χ2v) is 5.31. The van der Waals surface area contributed by atoms with Crippen LogP contribution in [0.3, 0.4) is 0 Å². The highest BCUT2D eigenvalue weighted by atomic mass is 32.1. The molecule has 1 aliphatic rings. The second kappa shape index (κ2) is 4.47. The summed E-state index contributed by atoms with van der Waals surface area (Å²) in [4.78, 5) is 8.79. The predicted molar refractivity (Wildman–Crippen MR) is 66.6 cm³/mol. The van der Waals surface area contributed by atoms with E-state index in [9.17, 15) is 0 Å². The van der Waals surface area contributed by atoms with Crippen LogP contribution in [0.15, 0.2) is 18.5 Å². The van der Waals surface area contributed by atoms with Gasteiger partial charge in [-0.05, 0) is 25.5 Å². The van der Waals surface area contributed by atoms with Crippen LogP contribution in [0.1, 0.15) is 36.7 Å². The molecule has 2 aromatic rings. The first-order chi connectivity index (χ1) is 7.93. The summed E-state index contributed by atoms with van der Waals surface area (Å²) in [5.41, 5.74) is 1.04. The number of hydrogen-bond donors (Lipinski definition) is 1. The molecule has 2 aromatic heterocycles. The molecule has 4 heteroatoms. The van der Waals surface area contributed by atoms with Gasteiger partial charge in [-0.25, -0.2) is 4.98 Å². The Balaban J connectivity index is 1.92. The van der Waals surface area contributed by atoms with Crippen LogP contribution in [0.2, 0.25) is 0 Å². The molecule has 0 amide bonds. The molecular formula is C12H15N3S. The first-order valence-corrected chi connectivity index (χ1v) is 6.69. The molecule has 0 saturated carbocycles. The zero-order valence-electron chi connectivity index (χ0n) is 9.15. The lowest BCUT2D eigenvalue weighted by atomic mass is 10.1. The van der Waals surface area contributed by atoms with Crippen LogP contribution in [-0.2, 0) is 0 Å². The molecule has 16 heavy (non-hydrogen) atoms. The van der Waals surface area contributed by atoms with E-state index in [0.29, 0.717) is 6.04 Å². The minimum absolute atomic E-state index is 0.458. The van der Waals surface area contributed by atoms with Crippen molar-refractivity contribution in [2.75, 3.05) is 6.54 Å². The van der Waals surface area contributed by atoms with Gasteiger partial charge in [0.25, 0.3) is 0 Å². The van der Waals surface area contributed by atoms with Gasteiger partial charge in [-0.3, -0.25) is 4.98 Å². The Bertz CT molecular complexity index is 439. The minimum atomic E-state index is 0.458. The van der Waals surface area contributed by atoms with Gasteiger partial charge in [0, 0.05) is 6.20 Å². The first-order valence-electron chi connectivity index (χ1n) is 5.87. The number of nitrogens with one attached hydrogen (secondary N) is 1. The van der Waals surface area contributed by atoms with Crippen molar-refractivity contribution in [3.63, 3.8) is 0 Å². The lowest BCUT2D eigenvalue weighted by Gasteiger charge is -2.11. The maximum absolute atomic E-state index is 4.67. The lowest BCUT2D eigenvalue weighted by Crippen LogP contribution is -2.19. The van der Waals surface area contributed by atoms with Crippen molar-refractivity contribution >= 4 is 21.6 Å². The van der Waals surface area contributed by atoms with Crippen molar-refractivity contribution in [1.29, 1.82) is 0 Å². The fraction of sp³-hybridized carbons (Fsp3) is 0.500. The van der Waals surface area contributed by atoms with Crippen molar-refractivity contribution < 1.29 is 0 Å². The molecule has 1 atom stereocenters. The summed E-state index contributed by atoms with van der Waals surface area (Å²) in [6.45, 7) is 1.12. The normalized spacial score (nSPS) is 22.1. The SMILES string of the molecule is c1cc2sc(C3CCCCCN3)nc2cn1. The molecule has 84 valence electrons. The van der Waals surface area contributed by atoms with Crippen LogP contribution in [-0.4, -0.2) is 16.5 Å². The molecule has 0 bridgehead atoms. The summed E-state index contributed by atoms with van der Waals surface area (Å²) >= 11 is 1.80. The molecule has 1 fully saturated rings. The number of fused-ring (bicyclic) bond motifs is 1. The van der Waals surface area contributed by atoms with Gasteiger partial charge in [-0.1, -0.05) is 12.8 Å². The number of hydrogen-bond acceptors (Lipinski definition) is 4. The van der Waals surface area contributed by atoms with E-state index < -0.39 is 0 Å². The van der Waals surface area contributed by atoms with E-state index in [1.165, 1.54) is 35.4 Å². The molecule has 3 heterocycles. The highest BCUT2D eigenvalue weighted by Gasteiger charge is 2.17. The maximum atomic E-state index is 4.67. The van der Waals surface area contributed by atoms with Crippen LogP contribution in [0.5, 0.6) is 0 Å². The standard InChI is InChI=1S/C12H15N3S/c1-2-4-9(14-6-3-1)12-15-10-8-13-7-5-11(10)16-12/h5,7-9,14H,1-4,6H2. The number of aromatic nitrogens is 2. The van der Waals surface area contributed by atoms with Crippen LogP contribution < -0.4 is 5.32 Å². The molecular weight excluding hydrogens is 218 g/mol. The topological polar surface area (TPSA) is 37.8 Å². The van der Waals surface area contributed by atoms with E-state index in [4.69, 9.17) is 0 Å². The third-order valence-electron chi connectivity index (χ3n) is 3.06. The highest BCUT2D eigenvalue weighted by molar-refractivity contribution is 7.18. The number of thiazole rings is 1. The Hall–Kier alpha value is -1.00. The fourth-order valence-corrected chi connectivity index (χ4v) is 3.23. The second-order valence-electron chi connectivity index (χ2n) is 4.25. The Labute approximate surface area is 98.9 Å². The minimum Gasteiger partial charge on any atom is -0.308 e. The van der Waals surface area contributed by atoms with E-state index in [-0.39, 0.29) is 0 Å². The summed E-state index contributed by atoms with van der Waals surface area (Å²) in [7, 11) is 0. The number of pyridine rings is 1. The molecule has 1 saturated heterocycles. The van der Waals surface area contributed by atoms with Crippen molar-refractivity contribution in [1.82, 2.24) is 15.3 Å². The molecule has 1 aliphatic heterocycles. The Kier molecular flexibility index (Phi) is 2.84. The monoisotopic (exact) mass is 233 g/mol. The largest absolute Gasteiger partial charge is 0.308 e. The van der Waals surface area contributed by atoms with Crippen LogP contribution in [0.4, 0.5) is 0 Å². The smallest absolute Gasteiger partial charge is 0.111 e. The molecule has 1 unspecified atom stereocenters. The van der Waals surface area contributed by atoms with Gasteiger partial charge in [0.2, 0.25) is 0 Å². The van der Waals surface area contributed by atoms with E-state index >= 15 is 0 Å². The summed E-state index contributed by atoms with van der Waals surface area (Å²) < 4.78 is 1.25. The summed E-state index contributed by atoms with van der Waals surface area (Å²) in [6.07, 6.45) is 8.86. The van der Waals surface area contributed by atoms with Crippen molar-refractivity contribution in [2.45, 2.75) is 31.7 Å². The first kappa shape index (κ1) is 10.2. The maximum Gasteiger partial charge on any atom is 0.111 e. The molecule has 1 N–H and O–H groups in total. The van der Waals surface area contributed by atoms with Crippen LogP contribution in [0, 0.1) is 0 Å². The van der Waals surface area contributed by atoms with Gasteiger partial charge in [0.15, 0.2) is 0 Å². The van der Waals surface area contributed by atoms with E-state index in [0.717, 1.165) is 12.1 Å². The van der Waals surface area contributed by atoms with Crippen molar-refractivity contribution in [2.24, 2.45) is 0 Å². The summed E-state index contributed by atoms with van der Waals surface area (Å²) in [5.74, 6) is 0. The average molecular weight is 233 g/mol. The summed E-state index contributed by atoms with van der Waals surface area (Å²) in [5, 5.41) is 4.81. The third kappa shape index (κ3) is 1.95. The van der Waals surface area contributed by atoms with Gasteiger partial charge < -0.3 is 5.32 Å². The fourth-order valence-electron chi connectivity index (χ4n) is 2.19.